The summed E-state index contributed by atoms with van der Waals surface area (Å²) in [4.78, 5) is 24.4. The van der Waals surface area contributed by atoms with E-state index in [4.69, 9.17) is 18.9 Å². The van der Waals surface area contributed by atoms with Crippen LogP contribution in [0.15, 0.2) is 60.8 Å². The number of rotatable bonds is 10. The maximum absolute atomic E-state index is 12.9. The van der Waals surface area contributed by atoms with Gasteiger partial charge >= 0.3 is 11.9 Å². The van der Waals surface area contributed by atoms with Gasteiger partial charge in [0.25, 0.3) is 0 Å². The van der Waals surface area contributed by atoms with Crippen molar-refractivity contribution >= 4 is 29.0 Å². The van der Waals surface area contributed by atoms with Gasteiger partial charge in [-0.15, -0.1) is 0 Å². The summed E-state index contributed by atoms with van der Waals surface area (Å²) in [6.07, 6.45) is 3.77. The predicted octanol–water partition coefficient (Wildman–Crippen LogP) is 4.61. The van der Waals surface area contributed by atoms with Crippen LogP contribution in [0.1, 0.15) is 36.7 Å². The maximum atomic E-state index is 12.9. The van der Waals surface area contributed by atoms with Gasteiger partial charge in [-0.1, -0.05) is 24.8 Å². The molecule has 0 amide bonds. The lowest BCUT2D eigenvalue weighted by Crippen LogP contribution is -2.26. The zero-order valence-corrected chi connectivity index (χ0v) is 21.6. The van der Waals surface area contributed by atoms with Crippen LogP contribution in [0.4, 0.5) is 11.4 Å². The van der Waals surface area contributed by atoms with Crippen LogP contribution in [-0.2, 0) is 19.7 Å². The minimum atomic E-state index is -0.600. The minimum Gasteiger partial charge on any atom is -0.493 e. The van der Waals surface area contributed by atoms with E-state index in [0.29, 0.717) is 17.2 Å². The molecule has 0 unspecified atom stereocenters. The summed E-state index contributed by atoms with van der Waals surface area (Å²) in [5, 5.41) is 3.19. The number of benzene rings is 2. The molecule has 1 aliphatic rings. The summed E-state index contributed by atoms with van der Waals surface area (Å²) in [5.74, 6) is -0.298. The first kappa shape index (κ1) is 26.5. The first-order valence-electron chi connectivity index (χ1n) is 11.5. The second-order valence-corrected chi connectivity index (χ2v) is 8.87. The number of ether oxygens (including phenoxy) is 4. The average Bonchev–Trinajstić information content (AvgIpc) is 3.06. The Bertz CT molecular complexity index is 1240. The van der Waals surface area contributed by atoms with Gasteiger partial charge in [0.05, 0.1) is 30.9 Å². The monoisotopic (exact) mass is 493 g/mol. The second kappa shape index (κ2) is 11.1. The van der Waals surface area contributed by atoms with Gasteiger partial charge in [0.15, 0.2) is 17.2 Å². The SMILES string of the molecule is C=C(C)C(=O)OCCOC(=O)c1cc(OC)c(OC)cc1N/C=C/C1=[N+](C)c2ccccc2C1(C)C. The fourth-order valence-electron chi connectivity index (χ4n) is 4.15. The molecular weight excluding hydrogens is 460 g/mol. The van der Waals surface area contributed by atoms with Crippen molar-refractivity contribution in [3.05, 3.63) is 72.0 Å². The largest absolute Gasteiger partial charge is 0.493 e. The lowest BCUT2D eigenvalue weighted by molar-refractivity contribution is -0.401. The Morgan fingerprint density at radius 1 is 1.06 bits per heavy atom. The van der Waals surface area contributed by atoms with Crippen molar-refractivity contribution in [3.8, 4) is 11.5 Å². The van der Waals surface area contributed by atoms with Crippen molar-refractivity contribution in [3.63, 3.8) is 0 Å². The summed E-state index contributed by atoms with van der Waals surface area (Å²) in [5.41, 5.74) is 4.31. The number of anilines is 1. The molecule has 0 bridgehead atoms. The number of para-hydroxylation sites is 1. The fourth-order valence-corrected chi connectivity index (χ4v) is 4.15. The van der Waals surface area contributed by atoms with E-state index < -0.39 is 11.9 Å². The van der Waals surface area contributed by atoms with Crippen molar-refractivity contribution < 1.29 is 33.1 Å². The molecule has 1 heterocycles. The van der Waals surface area contributed by atoms with Crippen LogP contribution in [0.5, 0.6) is 11.5 Å². The van der Waals surface area contributed by atoms with Gasteiger partial charge in [0.2, 0.25) is 5.69 Å². The lowest BCUT2D eigenvalue weighted by atomic mass is 9.81. The van der Waals surface area contributed by atoms with E-state index in [1.165, 1.54) is 19.8 Å². The van der Waals surface area contributed by atoms with E-state index in [1.54, 1.807) is 25.3 Å². The summed E-state index contributed by atoms with van der Waals surface area (Å²) in [7, 11) is 5.05. The second-order valence-electron chi connectivity index (χ2n) is 8.87. The molecule has 36 heavy (non-hydrogen) atoms. The third-order valence-electron chi connectivity index (χ3n) is 6.06. The molecule has 1 aliphatic heterocycles. The highest BCUT2D eigenvalue weighted by molar-refractivity contribution is 6.03. The fraction of sp³-hybridized carbons (Fsp3) is 0.321. The van der Waals surface area contributed by atoms with E-state index in [9.17, 15) is 9.59 Å². The molecule has 0 fully saturated rings. The Morgan fingerprint density at radius 2 is 1.69 bits per heavy atom. The molecule has 0 saturated carbocycles. The number of allylic oxidation sites excluding steroid dienone is 1. The van der Waals surface area contributed by atoms with E-state index in [2.05, 4.69) is 42.5 Å². The first-order chi connectivity index (χ1) is 17.1. The van der Waals surface area contributed by atoms with Gasteiger partial charge in [-0.3, -0.25) is 0 Å². The molecule has 8 heteroatoms. The Balaban J connectivity index is 1.82. The quantitative estimate of drug-likeness (QED) is 0.224. The van der Waals surface area contributed by atoms with Gasteiger partial charge in [0, 0.05) is 41.6 Å². The van der Waals surface area contributed by atoms with Gasteiger partial charge in [-0.05, 0) is 20.8 Å². The highest BCUT2D eigenvalue weighted by Crippen LogP contribution is 2.39. The van der Waals surface area contributed by atoms with Gasteiger partial charge in [-0.2, -0.15) is 4.58 Å². The van der Waals surface area contributed by atoms with Crippen molar-refractivity contribution in [2.75, 3.05) is 39.8 Å². The van der Waals surface area contributed by atoms with Crippen LogP contribution in [0.2, 0.25) is 0 Å². The molecule has 3 rings (SSSR count). The van der Waals surface area contributed by atoms with E-state index in [-0.39, 0.29) is 29.8 Å². The van der Waals surface area contributed by atoms with Crippen LogP contribution >= 0.6 is 0 Å². The summed E-state index contributed by atoms with van der Waals surface area (Å²) >= 11 is 0. The third-order valence-corrected chi connectivity index (χ3v) is 6.06. The van der Waals surface area contributed by atoms with Crippen molar-refractivity contribution in [1.29, 1.82) is 0 Å². The molecule has 0 spiro atoms. The van der Waals surface area contributed by atoms with Crippen LogP contribution < -0.4 is 14.8 Å². The Morgan fingerprint density at radius 3 is 2.33 bits per heavy atom. The molecule has 0 atom stereocenters. The topological polar surface area (TPSA) is 86.1 Å². The molecule has 2 aromatic carbocycles. The van der Waals surface area contributed by atoms with Crippen molar-refractivity contribution in [1.82, 2.24) is 0 Å². The average molecular weight is 494 g/mol. The van der Waals surface area contributed by atoms with Crippen LogP contribution in [0.25, 0.3) is 0 Å². The summed E-state index contributed by atoms with van der Waals surface area (Å²) in [6, 6.07) is 11.5. The molecule has 0 aliphatic carbocycles. The Hall–Kier alpha value is -4.07. The number of carbonyl (C=O) groups excluding carboxylic acids is 2. The van der Waals surface area contributed by atoms with Gasteiger partial charge in [0.1, 0.15) is 20.3 Å². The molecule has 1 N–H and O–H groups in total. The first-order valence-corrected chi connectivity index (χ1v) is 11.5. The highest BCUT2D eigenvalue weighted by atomic mass is 16.6. The summed E-state index contributed by atoms with van der Waals surface area (Å²) < 4.78 is 23.2. The van der Waals surface area contributed by atoms with Crippen molar-refractivity contribution in [2.45, 2.75) is 26.2 Å². The van der Waals surface area contributed by atoms with Gasteiger partial charge < -0.3 is 24.3 Å². The normalized spacial score (nSPS) is 13.8. The number of nitrogens with zero attached hydrogens (tertiary/aromatic N) is 1. The smallest absolute Gasteiger partial charge is 0.340 e. The molecule has 0 radical (unpaired) electrons. The standard InChI is InChI=1S/C28H32N2O6/c1-18(2)26(31)35-14-15-36-27(32)19-16-23(33-6)24(34-7)17-21(19)29-13-12-25-28(3,4)20-10-8-9-11-22(20)30(25)5/h8-13,16-17H,1,14-15H2,2-7H3/p+1. The zero-order valence-electron chi connectivity index (χ0n) is 21.6. The van der Waals surface area contributed by atoms with E-state index >= 15 is 0 Å². The Labute approximate surface area is 211 Å². The molecule has 0 aromatic heterocycles. The molecule has 2 aromatic rings. The number of esters is 2. The zero-order chi connectivity index (χ0) is 26.5. The molecule has 190 valence electrons. The van der Waals surface area contributed by atoms with Crippen LogP contribution in [-0.4, -0.2) is 56.7 Å². The summed E-state index contributed by atoms with van der Waals surface area (Å²) in [6.45, 7) is 9.24. The van der Waals surface area contributed by atoms with E-state index in [1.807, 2.05) is 25.3 Å². The minimum absolute atomic E-state index is 0.0757. The maximum Gasteiger partial charge on any atom is 0.340 e. The number of hydrogen-bond donors (Lipinski definition) is 1. The lowest BCUT2D eigenvalue weighted by Gasteiger charge is -2.16. The van der Waals surface area contributed by atoms with Crippen LogP contribution in [0.3, 0.4) is 0 Å². The molecule has 8 nitrogen and oxygen atoms in total. The number of nitrogens with one attached hydrogen (secondary N) is 1. The number of carbonyl (C=O) groups is 2. The highest BCUT2D eigenvalue weighted by Gasteiger charge is 2.42. The number of fused-ring (bicyclic) bond motifs is 1. The third kappa shape index (κ3) is 5.43. The predicted molar refractivity (Wildman–Crippen MR) is 139 cm³/mol. The number of hydrogen-bond acceptors (Lipinski definition) is 7. The number of methoxy groups -OCH3 is 2. The molecule has 0 saturated heterocycles. The molecular formula is C28H33N2O6+. The van der Waals surface area contributed by atoms with E-state index in [0.717, 1.165) is 11.4 Å². The van der Waals surface area contributed by atoms with Crippen molar-refractivity contribution in [2.24, 2.45) is 0 Å². The Kier molecular flexibility index (Phi) is 8.19. The van der Waals surface area contributed by atoms with Crippen LogP contribution in [0, 0.1) is 0 Å². The van der Waals surface area contributed by atoms with Gasteiger partial charge in [-0.25, -0.2) is 9.59 Å².